The van der Waals surface area contributed by atoms with Gasteiger partial charge in [0, 0.05) is 6.04 Å². The lowest BCUT2D eigenvalue weighted by Gasteiger charge is -2.23. The maximum Gasteiger partial charge on any atom is 0.244 e. The molecule has 20 heavy (non-hydrogen) atoms. The highest BCUT2D eigenvalue weighted by Gasteiger charge is 2.41. The second-order valence-electron chi connectivity index (χ2n) is 5.70. The number of fused-ring (bicyclic) bond motifs is 2. The van der Waals surface area contributed by atoms with Gasteiger partial charge in [-0.1, -0.05) is 6.42 Å². The van der Waals surface area contributed by atoms with Crippen LogP contribution in [-0.2, 0) is 10.0 Å². The van der Waals surface area contributed by atoms with Crippen LogP contribution in [0.1, 0.15) is 25.7 Å². The van der Waals surface area contributed by atoms with Crippen LogP contribution < -0.4 is 9.46 Å². The largest absolute Gasteiger partial charge is 0.495 e. The summed E-state index contributed by atoms with van der Waals surface area (Å²) < 4.78 is 46.0. The molecule has 0 aliphatic heterocycles. The van der Waals surface area contributed by atoms with E-state index in [0.29, 0.717) is 11.8 Å². The molecule has 2 fully saturated rings. The minimum absolute atomic E-state index is 0.0216. The fourth-order valence-electron chi connectivity index (χ4n) is 3.51. The van der Waals surface area contributed by atoms with Gasteiger partial charge in [-0.15, -0.1) is 0 Å². The summed E-state index contributed by atoms with van der Waals surface area (Å²) in [4.78, 5) is -0.122. The molecular formula is C14H18FNO3S. The van der Waals surface area contributed by atoms with E-state index in [0.717, 1.165) is 25.3 Å². The number of ether oxygens (including phenoxy) is 1. The summed E-state index contributed by atoms with van der Waals surface area (Å²) in [6.07, 6.45) is 4.28. The summed E-state index contributed by atoms with van der Waals surface area (Å²) in [6, 6.07) is 3.51. The van der Waals surface area contributed by atoms with Crippen molar-refractivity contribution in [2.24, 2.45) is 11.8 Å². The highest BCUT2D eigenvalue weighted by Crippen LogP contribution is 2.45. The van der Waals surface area contributed by atoms with E-state index in [9.17, 15) is 12.8 Å². The number of hydrogen-bond acceptors (Lipinski definition) is 3. The quantitative estimate of drug-likeness (QED) is 0.928. The van der Waals surface area contributed by atoms with Crippen LogP contribution in [0.2, 0.25) is 0 Å². The molecule has 4 nitrogen and oxygen atoms in total. The highest BCUT2D eigenvalue weighted by molar-refractivity contribution is 7.89. The predicted molar refractivity (Wildman–Crippen MR) is 72.5 cm³/mol. The Morgan fingerprint density at radius 1 is 1.30 bits per heavy atom. The van der Waals surface area contributed by atoms with Crippen molar-refractivity contribution < 1.29 is 17.5 Å². The van der Waals surface area contributed by atoms with Gasteiger partial charge in [-0.05, 0) is 49.3 Å². The maximum absolute atomic E-state index is 13.3. The van der Waals surface area contributed by atoms with Gasteiger partial charge in [-0.3, -0.25) is 0 Å². The minimum Gasteiger partial charge on any atom is -0.495 e. The first kappa shape index (κ1) is 13.8. The standard InChI is InChI=1S/C14H18FNO3S/c1-19-13-5-4-11(15)8-14(13)20(17,18)16-12-7-9-2-3-10(12)6-9/h4-5,8-10,12,16H,2-3,6-7H2,1H3/t9-,10-,12+/m0/s1. The smallest absolute Gasteiger partial charge is 0.244 e. The maximum atomic E-state index is 13.3. The van der Waals surface area contributed by atoms with Crippen molar-refractivity contribution in [1.29, 1.82) is 0 Å². The number of methoxy groups -OCH3 is 1. The van der Waals surface area contributed by atoms with Crippen LogP contribution in [0.5, 0.6) is 5.75 Å². The lowest BCUT2D eigenvalue weighted by molar-refractivity contribution is 0.384. The second-order valence-corrected chi connectivity index (χ2v) is 7.38. The van der Waals surface area contributed by atoms with Crippen LogP contribution in [0.4, 0.5) is 4.39 Å². The van der Waals surface area contributed by atoms with E-state index in [1.807, 2.05) is 0 Å². The lowest BCUT2D eigenvalue weighted by Crippen LogP contribution is -2.38. The fraction of sp³-hybridized carbons (Fsp3) is 0.571. The molecule has 3 rings (SSSR count). The Morgan fingerprint density at radius 2 is 2.10 bits per heavy atom. The van der Waals surface area contributed by atoms with E-state index in [2.05, 4.69) is 4.72 Å². The van der Waals surface area contributed by atoms with Gasteiger partial charge in [0.2, 0.25) is 10.0 Å². The van der Waals surface area contributed by atoms with E-state index in [1.54, 1.807) is 0 Å². The SMILES string of the molecule is COc1ccc(F)cc1S(=O)(=O)N[C@@H]1C[C@H]2CC[C@H]1C2. The molecule has 3 atom stereocenters. The van der Waals surface area contributed by atoms with E-state index >= 15 is 0 Å². The summed E-state index contributed by atoms with van der Waals surface area (Å²) in [6.45, 7) is 0. The molecule has 0 radical (unpaired) electrons. The van der Waals surface area contributed by atoms with Gasteiger partial charge in [0.1, 0.15) is 16.5 Å². The zero-order chi connectivity index (χ0) is 14.3. The van der Waals surface area contributed by atoms with Gasteiger partial charge in [0.05, 0.1) is 7.11 Å². The van der Waals surface area contributed by atoms with Crippen molar-refractivity contribution in [3.8, 4) is 5.75 Å². The molecule has 0 amide bonds. The normalized spacial score (nSPS) is 28.8. The van der Waals surface area contributed by atoms with Gasteiger partial charge in [-0.25, -0.2) is 17.5 Å². The number of benzene rings is 1. The fourth-order valence-corrected chi connectivity index (χ4v) is 5.01. The summed E-state index contributed by atoms with van der Waals surface area (Å²) >= 11 is 0. The number of nitrogens with one attached hydrogen (secondary N) is 1. The lowest BCUT2D eigenvalue weighted by atomic mass is 9.96. The van der Waals surface area contributed by atoms with Crippen molar-refractivity contribution in [2.75, 3.05) is 7.11 Å². The van der Waals surface area contributed by atoms with Crippen molar-refractivity contribution in [3.05, 3.63) is 24.0 Å². The van der Waals surface area contributed by atoms with Crippen LogP contribution in [-0.4, -0.2) is 21.6 Å². The molecule has 1 aromatic carbocycles. The molecule has 0 spiro atoms. The first-order valence-corrected chi connectivity index (χ1v) is 8.34. The molecule has 110 valence electrons. The predicted octanol–water partition coefficient (Wildman–Crippen LogP) is 2.30. The molecular weight excluding hydrogens is 281 g/mol. The molecule has 2 aliphatic rings. The van der Waals surface area contributed by atoms with Crippen molar-refractivity contribution in [2.45, 2.75) is 36.6 Å². The van der Waals surface area contributed by atoms with E-state index in [1.165, 1.54) is 25.7 Å². The van der Waals surface area contributed by atoms with Gasteiger partial charge < -0.3 is 4.74 Å². The van der Waals surface area contributed by atoms with Crippen LogP contribution in [0, 0.1) is 17.7 Å². The third-order valence-electron chi connectivity index (χ3n) is 4.46. The molecule has 0 heterocycles. The average molecular weight is 299 g/mol. The Balaban J connectivity index is 1.86. The Morgan fingerprint density at radius 3 is 2.70 bits per heavy atom. The number of hydrogen-bond donors (Lipinski definition) is 1. The molecule has 0 saturated heterocycles. The second kappa shape index (κ2) is 5.00. The van der Waals surface area contributed by atoms with Crippen molar-refractivity contribution >= 4 is 10.0 Å². The topological polar surface area (TPSA) is 55.4 Å². The molecule has 1 N–H and O–H groups in total. The van der Waals surface area contributed by atoms with Gasteiger partial charge in [0.15, 0.2) is 0 Å². The molecule has 2 aliphatic carbocycles. The van der Waals surface area contributed by atoms with Gasteiger partial charge >= 0.3 is 0 Å². The van der Waals surface area contributed by atoms with Crippen LogP contribution >= 0.6 is 0 Å². The van der Waals surface area contributed by atoms with Gasteiger partial charge in [0.25, 0.3) is 0 Å². The van der Waals surface area contributed by atoms with Crippen molar-refractivity contribution in [1.82, 2.24) is 4.72 Å². The third-order valence-corrected chi connectivity index (χ3v) is 5.97. The van der Waals surface area contributed by atoms with E-state index in [4.69, 9.17) is 4.74 Å². The first-order valence-electron chi connectivity index (χ1n) is 6.85. The summed E-state index contributed by atoms with van der Waals surface area (Å²) in [5.74, 6) is 0.651. The summed E-state index contributed by atoms with van der Waals surface area (Å²) in [5, 5.41) is 0. The number of rotatable bonds is 4. The first-order chi connectivity index (χ1) is 9.49. The monoisotopic (exact) mass is 299 g/mol. The average Bonchev–Trinajstić information content (AvgIpc) is 3.00. The van der Waals surface area contributed by atoms with Crippen LogP contribution in [0.15, 0.2) is 23.1 Å². The summed E-state index contributed by atoms with van der Waals surface area (Å²) in [5.41, 5.74) is 0. The highest BCUT2D eigenvalue weighted by atomic mass is 32.2. The number of sulfonamides is 1. The Hall–Kier alpha value is -1.14. The Kier molecular flexibility index (Phi) is 3.46. The zero-order valence-electron chi connectivity index (χ0n) is 11.3. The van der Waals surface area contributed by atoms with Crippen LogP contribution in [0.3, 0.4) is 0 Å². The van der Waals surface area contributed by atoms with E-state index in [-0.39, 0.29) is 16.7 Å². The van der Waals surface area contributed by atoms with E-state index < -0.39 is 15.8 Å². The molecule has 2 bridgehead atoms. The zero-order valence-corrected chi connectivity index (χ0v) is 12.1. The third kappa shape index (κ3) is 2.42. The number of halogens is 1. The van der Waals surface area contributed by atoms with Crippen LogP contribution in [0.25, 0.3) is 0 Å². The molecule has 0 aromatic heterocycles. The Bertz CT molecular complexity index is 617. The molecule has 1 aromatic rings. The molecule has 6 heteroatoms. The summed E-state index contributed by atoms with van der Waals surface area (Å²) in [7, 11) is -2.37. The molecule has 2 saturated carbocycles. The van der Waals surface area contributed by atoms with Gasteiger partial charge in [-0.2, -0.15) is 0 Å². The minimum atomic E-state index is -3.75. The van der Waals surface area contributed by atoms with Crippen molar-refractivity contribution in [3.63, 3.8) is 0 Å². The Labute approximate surface area is 118 Å². The molecule has 0 unspecified atom stereocenters.